The number of hydrogen-bond donors (Lipinski definition) is 1. The van der Waals surface area contributed by atoms with Crippen molar-refractivity contribution in [2.75, 3.05) is 24.3 Å². The van der Waals surface area contributed by atoms with Gasteiger partial charge in [-0.15, -0.1) is 11.3 Å². The SMILES string of the molecule is Cc1ccc(NC(C)c2cc(Cl)sc2Cl)cc1N(C)C. The van der Waals surface area contributed by atoms with Crippen molar-refractivity contribution in [3.05, 3.63) is 44.1 Å². The van der Waals surface area contributed by atoms with Gasteiger partial charge in [-0.1, -0.05) is 29.3 Å². The molecule has 1 aromatic heterocycles. The molecule has 0 saturated carbocycles. The molecule has 2 nitrogen and oxygen atoms in total. The highest BCUT2D eigenvalue weighted by Gasteiger charge is 2.13. The van der Waals surface area contributed by atoms with Gasteiger partial charge >= 0.3 is 0 Å². The molecule has 1 heterocycles. The Balaban J connectivity index is 2.22. The minimum absolute atomic E-state index is 0.115. The van der Waals surface area contributed by atoms with Crippen molar-refractivity contribution in [3.63, 3.8) is 0 Å². The molecule has 0 saturated heterocycles. The fourth-order valence-corrected chi connectivity index (χ4v) is 3.80. The van der Waals surface area contributed by atoms with Crippen LogP contribution in [0.4, 0.5) is 11.4 Å². The lowest BCUT2D eigenvalue weighted by Gasteiger charge is -2.20. The molecule has 0 aliphatic carbocycles. The number of benzene rings is 1. The summed E-state index contributed by atoms with van der Waals surface area (Å²) in [5.74, 6) is 0. The third-order valence-corrected chi connectivity index (χ3v) is 4.74. The summed E-state index contributed by atoms with van der Waals surface area (Å²) in [6.07, 6.45) is 0. The molecular weight excluding hydrogens is 311 g/mol. The quantitative estimate of drug-likeness (QED) is 0.785. The van der Waals surface area contributed by atoms with Crippen LogP contribution in [0.2, 0.25) is 8.67 Å². The topological polar surface area (TPSA) is 15.3 Å². The van der Waals surface area contributed by atoms with Crippen molar-refractivity contribution in [2.24, 2.45) is 0 Å². The molecule has 2 rings (SSSR count). The first-order valence-corrected chi connectivity index (χ1v) is 7.95. The second-order valence-corrected chi connectivity index (χ2v) is 7.33. The molecule has 0 bridgehead atoms. The van der Waals surface area contributed by atoms with Crippen LogP contribution in [0.1, 0.15) is 24.1 Å². The van der Waals surface area contributed by atoms with Gasteiger partial charge in [0.1, 0.15) is 0 Å². The highest BCUT2D eigenvalue weighted by molar-refractivity contribution is 7.20. The maximum absolute atomic E-state index is 6.20. The number of nitrogens with one attached hydrogen (secondary N) is 1. The first kappa shape index (κ1) is 15.5. The van der Waals surface area contributed by atoms with Crippen molar-refractivity contribution >= 4 is 45.9 Å². The molecule has 1 aromatic carbocycles. The van der Waals surface area contributed by atoms with Crippen LogP contribution in [0.25, 0.3) is 0 Å². The molecule has 108 valence electrons. The van der Waals surface area contributed by atoms with E-state index in [2.05, 4.69) is 42.3 Å². The molecule has 0 spiro atoms. The third-order valence-electron chi connectivity index (χ3n) is 3.22. The Labute approximate surface area is 134 Å². The zero-order valence-electron chi connectivity index (χ0n) is 12.0. The molecule has 1 atom stereocenters. The summed E-state index contributed by atoms with van der Waals surface area (Å²) in [5, 5.41) is 3.47. The Morgan fingerprint density at radius 1 is 1.20 bits per heavy atom. The predicted molar refractivity (Wildman–Crippen MR) is 91.9 cm³/mol. The Morgan fingerprint density at radius 2 is 1.90 bits per heavy atom. The summed E-state index contributed by atoms with van der Waals surface area (Å²) < 4.78 is 1.46. The van der Waals surface area contributed by atoms with Gasteiger partial charge < -0.3 is 10.2 Å². The van der Waals surface area contributed by atoms with E-state index in [-0.39, 0.29) is 6.04 Å². The van der Waals surface area contributed by atoms with Crippen LogP contribution in [-0.4, -0.2) is 14.1 Å². The third kappa shape index (κ3) is 3.40. The maximum atomic E-state index is 6.20. The fourth-order valence-electron chi connectivity index (χ4n) is 2.16. The van der Waals surface area contributed by atoms with Gasteiger partial charge in [0.15, 0.2) is 0 Å². The second kappa shape index (κ2) is 6.25. The van der Waals surface area contributed by atoms with E-state index in [0.717, 1.165) is 19.9 Å². The van der Waals surface area contributed by atoms with Gasteiger partial charge in [-0.3, -0.25) is 0 Å². The first-order valence-electron chi connectivity index (χ1n) is 6.37. The lowest BCUT2D eigenvalue weighted by atomic mass is 10.1. The molecular formula is C15H18Cl2N2S. The van der Waals surface area contributed by atoms with Crippen LogP contribution in [0, 0.1) is 6.92 Å². The fraction of sp³-hybridized carbons (Fsp3) is 0.333. The molecule has 0 aliphatic heterocycles. The molecule has 0 fully saturated rings. The zero-order chi connectivity index (χ0) is 14.9. The average Bonchev–Trinajstić information content (AvgIpc) is 2.70. The molecule has 1 N–H and O–H groups in total. The summed E-state index contributed by atoms with van der Waals surface area (Å²) in [6, 6.07) is 8.39. The van der Waals surface area contributed by atoms with E-state index in [1.54, 1.807) is 0 Å². The van der Waals surface area contributed by atoms with Gasteiger partial charge in [0.05, 0.1) is 14.7 Å². The molecule has 5 heteroatoms. The van der Waals surface area contributed by atoms with Gasteiger partial charge in [0.2, 0.25) is 0 Å². The summed E-state index contributed by atoms with van der Waals surface area (Å²) in [4.78, 5) is 2.11. The van der Waals surface area contributed by atoms with Gasteiger partial charge in [0.25, 0.3) is 0 Å². The van der Waals surface area contributed by atoms with Crippen molar-refractivity contribution < 1.29 is 0 Å². The summed E-state index contributed by atoms with van der Waals surface area (Å²) >= 11 is 13.6. The van der Waals surface area contributed by atoms with Crippen LogP contribution in [0.15, 0.2) is 24.3 Å². The smallest absolute Gasteiger partial charge is 0.0996 e. The number of aryl methyl sites for hydroxylation is 1. The second-order valence-electron chi connectivity index (χ2n) is 5.04. The van der Waals surface area contributed by atoms with Crippen LogP contribution in [0.3, 0.4) is 0 Å². The van der Waals surface area contributed by atoms with E-state index in [0.29, 0.717) is 0 Å². The minimum Gasteiger partial charge on any atom is -0.378 e. The zero-order valence-corrected chi connectivity index (χ0v) is 14.3. The van der Waals surface area contributed by atoms with Gasteiger partial charge in [-0.05, 0) is 37.6 Å². The lowest BCUT2D eigenvalue weighted by Crippen LogP contribution is -2.12. The summed E-state index contributed by atoms with van der Waals surface area (Å²) in [6.45, 7) is 4.19. The molecule has 0 aliphatic rings. The van der Waals surface area contributed by atoms with E-state index in [1.165, 1.54) is 22.6 Å². The van der Waals surface area contributed by atoms with Gasteiger partial charge in [0, 0.05) is 31.0 Å². The van der Waals surface area contributed by atoms with E-state index in [4.69, 9.17) is 23.2 Å². The normalized spacial score (nSPS) is 12.3. The highest BCUT2D eigenvalue weighted by atomic mass is 35.5. The monoisotopic (exact) mass is 328 g/mol. The van der Waals surface area contributed by atoms with E-state index in [9.17, 15) is 0 Å². The number of rotatable bonds is 4. The lowest BCUT2D eigenvalue weighted by molar-refractivity contribution is 0.890. The Morgan fingerprint density at radius 3 is 2.45 bits per heavy atom. The van der Waals surface area contributed by atoms with Crippen LogP contribution < -0.4 is 10.2 Å². The van der Waals surface area contributed by atoms with Crippen molar-refractivity contribution in [1.82, 2.24) is 0 Å². The number of hydrogen-bond acceptors (Lipinski definition) is 3. The number of halogens is 2. The predicted octanol–water partition coefficient (Wildman–Crippen LogP) is 5.60. The molecule has 2 aromatic rings. The first-order chi connectivity index (χ1) is 9.38. The van der Waals surface area contributed by atoms with Gasteiger partial charge in [-0.2, -0.15) is 0 Å². The van der Waals surface area contributed by atoms with E-state index < -0.39 is 0 Å². The van der Waals surface area contributed by atoms with Crippen LogP contribution in [0.5, 0.6) is 0 Å². The number of thiophene rings is 1. The molecule has 20 heavy (non-hydrogen) atoms. The Bertz CT molecular complexity index is 608. The Hall–Kier alpha value is -0.900. The Kier molecular flexibility index (Phi) is 4.84. The number of nitrogens with zero attached hydrogens (tertiary/aromatic N) is 1. The van der Waals surface area contributed by atoms with E-state index in [1.807, 2.05) is 20.2 Å². The van der Waals surface area contributed by atoms with Gasteiger partial charge in [-0.25, -0.2) is 0 Å². The standard InChI is InChI=1S/C15H18Cl2N2S/c1-9-5-6-11(7-13(9)19(3)4)18-10(2)12-8-14(16)20-15(12)17/h5-8,10,18H,1-4H3. The molecule has 0 amide bonds. The minimum atomic E-state index is 0.115. The average molecular weight is 329 g/mol. The largest absolute Gasteiger partial charge is 0.378 e. The maximum Gasteiger partial charge on any atom is 0.0996 e. The van der Waals surface area contributed by atoms with Crippen molar-refractivity contribution in [3.8, 4) is 0 Å². The summed E-state index contributed by atoms with van der Waals surface area (Å²) in [7, 11) is 4.09. The highest BCUT2D eigenvalue weighted by Crippen LogP contribution is 2.36. The molecule has 0 radical (unpaired) electrons. The van der Waals surface area contributed by atoms with Crippen molar-refractivity contribution in [2.45, 2.75) is 19.9 Å². The summed E-state index contributed by atoms with van der Waals surface area (Å²) in [5.41, 5.74) is 4.57. The van der Waals surface area contributed by atoms with Crippen LogP contribution in [-0.2, 0) is 0 Å². The number of anilines is 2. The van der Waals surface area contributed by atoms with E-state index >= 15 is 0 Å². The van der Waals surface area contributed by atoms with Crippen LogP contribution >= 0.6 is 34.5 Å². The molecule has 1 unspecified atom stereocenters. The van der Waals surface area contributed by atoms with Crippen molar-refractivity contribution in [1.29, 1.82) is 0 Å².